The molecule has 0 saturated heterocycles. The number of rotatable bonds is 0. The van der Waals surface area contributed by atoms with Crippen molar-refractivity contribution < 1.29 is 4.40 Å². The molecular formula is C5H4N3S+. The zero-order chi connectivity index (χ0) is 6.10. The van der Waals surface area contributed by atoms with Gasteiger partial charge >= 0.3 is 4.96 Å². The molecular weight excluding hydrogens is 134 g/mol. The second-order valence-electron chi connectivity index (χ2n) is 1.62. The van der Waals surface area contributed by atoms with Gasteiger partial charge in [-0.15, -0.1) is 0 Å². The summed E-state index contributed by atoms with van der Waals surface area (Å²) in [5, 5.41) is 0. The molecule has 2 aromatic rings. The monoisotopic (exact) mass is 138 g/mol. The van der Waals surface area contributed by atoms with E-state index in [1.807, 2.05) is 16.7 Å². The zero-order valence-corrected chi connectivity index (χ0v) is 5.38. The van der Waals surface area contributed by atoms with Crippen LogP contribution in [0.5, 0.6) is 0 Å². The molecule has 0 aliphatic carbocycles. The molecule has 2 heterocycles. The van der Waals surface area contributed by atoms with Gasteiger partial charge in [-0.25, -0.2) is 0 Å². The first-order chi connectivity index (χ1) is 4.47. The molecule has 0 bridgehead atoms. The largest absolute Gasteiger partial charge is 0.358 e. The quantitative estimate of drug-likeness (QED) is 0.489. The maximum Gasteiger partial charge on any atom is 0.358 e. The lowest BCUT2D eigenvalue weighted by Crippen LogP contribution is -2.16. The second-order valence-corrected chi connectivity index (χ2v) is 2.38. The van der Waals surface area contributed by atoms with Crippen molar-refractivity contribution in [2.24, 2.45) is 0 Å². The molecule has 0 aliphatic rings. The predicted molar refractivity (Wildman–Crippen MR) is 33.1 cm³/mol. The van der Waals surface area contributed by atoms with E-state index < -0.39 is 0 Å². The SMILES string of the molecule is c1cnc2snc[n+]2c1. The molecule has 0 N–H and O–H groups in total. The van der Waals surface area contributed by atoms with Crippen LogP contribution >= 0.6 is 11.5 Å². The van der Waals surface area contributed by atoms with Gasteiger partial charge in [0.2, 0.25) is 6.33 Å². The van der Waals surface area contributed by atoms with Gasteiger partial charge in [-0.2, -0.15) is 4.40 Å². The highest BCUT2D eigenvalue weighted by atomic mass is 32.1. The summed E-state index contributed by atoms with van der Waals surface area (Å²) in [7, 11) is 0. The van der Waals surface area contributed by atoms with Crippen LogP contribution in [0.4, 0.5) is 0 Å². The average molecular weight is 138 g/mol. The van der Waals surface area contributed by atoms with Crippen LogP contribution in [0.3, 0.4) is 0 Å². The van der Waals surface area contributed by atoms with Crippen LogP contribution in [-0.2, 0) is 0 Å². The Bertz CT molecular complexity index is 286. The highest BCUT2D eigenvalue weighted by Crippen LogP contribution is 1.92. The van der Waals surface area contributed by atoms with Crippen LogP contribution in [0.15, 0.2) is 24.8 Å². The Balaban J connectivity index is 2.95. The van der Waals surface area contributed by atoms with Gasteiger partial charge in [0.05, 0.1) is 6.20 Å². The van der Waals surface area contributed by atoms with E-state index in [1.54, 1.807) is 12.5 Å². The fourth-order valence-corrected chi connectivity index (χ4v) is 1.20. The summed E-state index contributed by atoms with van der Waals surface area (Å²) in [5.74, 6) is 0. The van der Waals surface area contributed by atoms with Crippen LogP contribution < -0.4 is 4.40 Å². The second kappa shape index (κ2) is 1.73. The molecule has 0 amide bonds. The third kappa shape index (κ3) is 0.675. The third-order valence-corrected chi connectivity index (χ3v) is 1.72. The molecule has 0 aromatic carbocycles. The van der Waals surface area contributed by atoms with Gasteiger partial charge in [-0.05, 0) is 4.37 Å². The van der Waals surface area contributed by atoms with Gasteiger partial charge in [0.15, 0.2) is 0 Å². The molecule has 0 fully saturated rings. The lowest BCUT2D eigenvalue weighted by molar-refractivity contribution is -0.512. The van der Waals surface area contributed by atoms with Gasteiger partial charge in [-0.1, -0.05) is 4.98 Å². The first kappa shape index (κ1) is 4.81. The third-order valence-electron chi connectivity index (χ3n) is 1.04. The van der Waals surface area contributed by atoms with Crippen molar-refractivity contribution in [3.63, 3.8) is 0 Å². The number of nitrogens with zero attached hydrogens (tertiary/aromatic N) is 3. The van der Waals surface area contributed by atoms with Crippen molar-refractivity contribution in [1.82, 2.24) is 9.36 Å². The van der Waals surface area contributed by atoms with Crippen molar-refractivity contribution in [3.8, 4) is 0 Å². The zero-order valence-electron chi connectivity index (χ0n) is 4.56. The fraction of sp³-hybridized carbons (Fsp3) is 0. The maximum absolute atomic E-state index is 4.06. The standard InChI is InChI=1S/C5H4N3S/c1-2-6-5-8(3-1)4-7-9-5/h1-4H/q+1. The number of hydrogen-bond donors (Lipinski definition) is 0. The van der Waals surface area contributed by atoms with Gasteiger partial charge in [0.25, 0.3) is 0 Å². The van der Waals surface area contributed by atoms with Crippen LogP contribution in [0.2, 0.25) is 0 Å². The van der Waals surface area contributed by atoms with Gasteiger partial charge < -0.3 is 0 Å². The summed E-state index contributed by atoms with van der Waals surface area (Å²) in [4.78, 5) is 4.99. The van der Waals surface area contributed by atoms with Gasteiger partial charge in [-0.3, -0.25) is 0 Å². The lowest BCUT2D eigenvalue weighted by Gasteiger charge is -1.74. The van der Waals surface area contributed by atoms with E-state index in [4.69, 9.17) is 0 Å². The summed E-state index contributed by atoms with van der Waals surface area (Å²) in [5.41, 5.74) is 0. The summed E-state index contributed by atoms with van der Waals surface area (Å²) in [6.07, 6.45) is 5.42. The molecule has 2 rings (SSSR count). The molecule has 3 nitrogen and oxygen atoms in total. The average Bonchev–Trinajstić information content (AvgIpc) is 2.33. The minimum absolute atomic E-state index is 0.928. The number of aromatic nitrogens is 3. The highest BCUT2D eigenvalue weighted by Gasteiger charge is 1.99. The summed E-state index contributed by atoms with van der Waals surface area (Å²) in [6.45, 7) is 0. The van der Waals surface area contributed by atoms with Crippen LogP contribution in [0.1, 0.15) is 0 Å². The predicted octanol–water partition coefficient (Wildman–Crippen LogP) is 0.277. The van der Waals surface area contributed by atoms with Gasteiger partial charge in [0.1, 0.15) is 17.7 Å². The van der Waals surface area contributed by atoms with Crippen LogP contribution in [0, 0.1) is 0 Å². The number of fused-ring (bicyclic) bond motifs is 1. The van der Waals surface area contributed by atoms with Crippen molar-refractivity contribution in [3.05, 3.63) is 24.8 Å². The minimum Gasteiger partial charge on any atom is -0.194 e. The minimum atomic E-state index is 0.928. The normalized spacial score (nSPS) is 10.2. The smallest absolute Gasteiger partial charge is 0.194 e. The Morgan fingerprint density at radius 3 is 3.44 bits per heavy atom. The molecule has 0 saturated carbocycles. The number of hydrogen-bond acceptors (Lipinski definition) is 3. The van der Waals surface area contributed by atoms with Crippen molar-refractivity contribution in [1.29, 1.82) is 0 Å². The summed E-state index contributed by atoms with van der Waals surface area (Å²) in [6, 6.07) is 1.88. The molecule has 0 radical (unpaired) electrons. The Hall–Kier alpha value is -1.03. The molecule has 44 valence electrons. The Kier molecular flexibility index (Phi) is 0.927. The fourth-order valence-electron chi connectivity index (χ4n) is 0.649. The first-order valence-electron chi connectivity index (χ1n) is 2.53. The van der Waals surface area contributed by atoms with E-state index in [1.165, 1.54) is 11.5 Å². The Morgan fingerprint density at radius 2 is 2.56 bits per heavy atom. The van der Waals surface area contributed by atoms with Crippen LogP contribution in [0.25, 0.3) is 4.96 Å². The Morgan fingerprint density at radius 1 is 1.56 bits per heavy atom. The van der Waals surface area contributed by atoms with Crippen LogP contribution in [-0.4, -0.2) is 9.36 Å². The highest BCUT2D eigenvalue weighted by molar-refractivity contribution is 7.10. The topological polar surface area (TPSA) is 29.9 Å². The van der Waals surface area contributed by atoms with E-state index in [9.17, 15) is 0 Å². The van der Waals surface area contributed by atoms with E-state index >= 15 is 0 Å². The van der Waals surface area contributed by atoms with E-state index in [0.29, 0.717) is 0 Å². The Labute approximate surface area is 55.8 Å². The summed E-state index contributed by atoms with van der Waals surface area (Å²) < 4.78 is 5.82. The van der Waals surface area contributed by atoms with E-state index in [2.05, 4.69) is 9.36 Å². The molecule has 4 heteroatoms. The van der Waals surface area contributed by atoms with Crippen molar-refractivity contribution >= 4 is 16.5 Å². The lowest BCUT2D eigenvalue weighted by atomic mass is 10.7. The van der Waals surface area contributed by atoms with Gasteiger partial charge in [0, 0.05) is 6.07 Å². The molecule has 0 atom stereocenters. The van der Waals surface area contributed by atoms with Crippen molar-refractivity contribution in [2.75, 3.05) is 0 Å². The molecule has 0 unspecified atom stereocenters. The maximum atomic E-state index is 4.06. The molecule has 9 heavy (non-hydrogen) atoms. The van der Waals surface area contributed by atoms with E-state index in [-0.39, 0.29) is 0 Å². The van der Waals surface area contributed by atoms with E-state index in [0.717, 1.165) is 4.96 Å². The molecule has 0 aliphatic heterocycles. The first-order valence-corrected chi connectivity index (χ1v) is 3.31. The molecule has 2 aromatic heterocycles. The van der Waals surface area contributed by atoms with Crippen molar-refractivity contribution in [2.45, 2.75) is 0 Å². The summed E-state index contributed by atoms with van der Waals surface area (Å²) >= 11 is 1.39. The molecule has 0 spiro atoms.